The zero-order valence-corrected chi connectivity index (χ0v) is 26.3. The number of carbonyl (C=O) groups is 1. The second kappa shape index (κ2) is 11.3. The molecule has 3 rings (SSSR count). The van der Waals surface area contributed by atoms with Gasteiger partial charge < -0.3 is 14.2 Å². The molecule has 1 aliphatic carbocycles. The summed E-state index contributed by atoms with van der Waals surface area (Å²) in [7, 11) is -1.20. The van der Waals surface area contributed by atoms with E-state index in [4.69, 9.17) is 30.8 Å². The van der Waals surface area contributed by atoms with Gasteiger partial charge >= 0.3 is 12.0 Å². The first-order valence-corrected chi connectivity index (χ1v) is 17.6. The number of hydrogen-bond acceptors (Lipinski definition) is 6. The molecule has 0 spiro atoms. The molecule has 1 fully saturated rings. The summed E-state index contributed by atoms with van der Waals surface area (Å²) < 4.78 is 20.6. The van der Waals surface area contributed by atoms with Gasteiger partial charge in [-0.15, -0.1) is 0 Å². The van der Waals surface area contributed by atoms with E-state index in [0.29, 0.717) is 40.1 Å². The summed E-state index contributed by atoms with van der Waals surface area (Å²) >= 11 is 9.70. The van der Waals surface area contributed by atoms with Crippen LogP contribution in [0.1, 0.15) is 60.3 Å². The second-order valence-corrected chi connectivity index (χ2v) is 19.4. The lowest BCUT2D eigenvalue weighted by Gasteiger charge is -2.38. The van der Waals surface area contributed by atoms with Crippen LogP contribution >= 0.6 is 27.5 Å². The Morgan fingerprint density at radius 3 is 2.36 bits per heavy atom. The van der Waals surface area contributed by atoms with Crippen LogP contribution in [-0.4, -0.2) is 46.9 Å². The van der Waals surface area contributed by atoms with Gasteiger partial charge in [0, 0.05) is 14.7 Å². The van der Waals surface area contributed by atoms with E-state index in [9.17, 15) is 4.79 Å². The lowest BCUT2D eigenvalue weighted by atomic mass is 9.70. The zero-order valence-electron chi connectivity index (χ0n) is 22.9. The summed E-state index contributed by atoms with van der Waals surface area (Å²) in [5.41, 5.74) is 0.320. The van der Waals surface area contributed by atoms with Crippen LogP contribution in [0.3, 0.4) is 0 Å². The summed E-state index contributed by atoms with van der Waals surface area (Å²) in [5.74, 6) is 0.109. The first-order chi connectivity index (χ1) is 16.6. The smallest absolute Gasteiger partial charge is 0.312 e. The van der Waals surface area contributed by atoms with Crippen LogP contribution in [0.4, 0.5) is 0 Å². The van der Waals surface area contributed by atoms with E-state index in [-0.39, 0.29) is 18.0 Å². The van der Waals surface area contributed by atoms with Crippen molar-refractivity contribution < 1.29 is 19.0 Å². The topological polar surface area (TPSA) is 75.5 Å². The summed E-state index contributed by atoms with van der Waals surface area (Å²) in [4.78, 5) is 22.1. The fourth-order valence-electron chi connectivity index (χ4n) is 4.35. The minimum atomic E-state index is -1.20. The molecular formula is C26H41BrClN3O4Si. The first-order valence-electron chi connectivity index (χ1n) is 12.8. The van der Waals surface area contributed by atoms with Crippen molar-refractivity contribution in [2.24, 2.45) is 11.3 Å². The highest BCUT2D eigenvalue weighted by atomic mass is 79.9. The lowest BCUT2D eigenvalue weighted by Crippen LogP contribution is -2.41. The van der Waals surface area contributed by atoms with Crippen LogP contribution in [0.2, 0.25) is 30.7 Å². The van der Waals surface area contributed by atoms with Crippen molar-refractivity contribution in [3.05, 3.63) is 15.7 Å². The van der Waals surface area contributed by atoms with E-state index in [1.807, 2.05) is 39.2 Å². The molecule has 0 aromatic carbocycles. The Morgan fingerprint density at radius 1 is 1.14 bits per heavy atom. The number of carbonyl (C=O) groups excluding carboxylic acids is 1. The maximum absolute atomic E-state index is 12.8. The van der Waals surface area contributed by atoms with Crippen LogP contribution in [0.15, 0.2) is 10.7 Å². The lowest BCUT2D eigenvalue weighted by molar-refractivity contribution is -0.170. The Balaban J connectivity index is 1.70. The van der Waals surface area contributed by atoms with E-state index >= 15 is 0 Å². The van der Waals surface area contributed by atoms with Gasteiger partial charge in [-0.05, 0) is 94.3 Å². The molecule has 0 N–H and O–H groups in total. The molecule has 0 bridgehead atoms. The fourth-order valence-corrected chi connectivity index (χ4v) is 5.54. The minimum Gasteiger partial charge on any atom is -0.461 e. The van der Waals surface area contributed by atoms with Crippen molar-refractivity contribution >= 4 is 52.7 Å². The molecule has 36 heavy (non-hydrogen) atoms. The maximum Gasteiger partial charge on any atom is 0.312 e. The van der Waals surface area contributed by atoms with Crippen LogP contribution in [0.25, 0.3) is 11.2 Å². The highest BCUT2D eigenvalue weighted by Gasteiger charge is 2.42. The van der Waals surface area contributed by atoms with Gasteiger partial charge in [0.1, 0.15) is 28.6 Å². The Hall–Kier alpha value is -1.16. The number of halogens is 2. The molecular weight excluding hydrogens is 562 g/mol. The summed E-state index contributed by atoms with van der Waals surface area (Å²) in [5, 5.41) is 0.503. The molecule has 1 aliphatic rings. The maximum atomic E-state index is 12.8. The monoisotopic (exact) mass is 601 g/mol. The Labute approximate surface area is 229 Å². The van der Waals surface area contributed by atoms with E-state index in [1.54, 1.807) is 6.07 Å². The molecule has 0 atom stereocenters. The molecule has 1 saturated carbocycles. The van der Waals surface area contributed by atoms with Crippen LogP contribution in [0.5, 0.6) is 6.01 Å². The van der Waals surface area contributed by atoms with Crippen molar-refractivity contribution in [1.82, 2.24) is 14.5 Å². The predicted molar refractivity (Wildman–Crippen MR) is 150 cm³/mol. The van der Waals surface area contributed by atoms with Gasteiger partial charge in [-0.25, -0.2) is 4.98 Å². The summed E-state index contributed by atoms with van der Waals surface area (Å²) in [6.45, 7) is 17.7. The van der Waals surface area contributed by atoms with Crippen LogP contribution in [0, 0.1) is 11.3 Å². The molecule has 0 amide bonds. The van der Waals surface area contributed by atoms with E-state index in [0.717, 1.165) is 31.7 Å². The molecule has 0 radical (unpaired) electrons. The predicted octanol–water partition coefficient (Wildman–Crippen LogP) is 7.47. The molecule has 7 nitrogen and oxygen atoms in total. The molecule has 0 aliphatic heterocycles. The summed E-state index contributed by atoms with van der Waals surface area (Å²) in [6.07, 6.45) is 3.47. The quantitative estimate of drug-likeness (QED) is 0.128. The normalized spacial score (nSPS) is 19.5. The Bertz CT molecular complexity index is 1070. The largest absolute Gasteiger partial charge is 0.461 e. The van der Waals surface area contributed by atoms with Crippen molar-refractivity contribution in [3.8, 4) is 6.01 Å². The van der Waals surface area contributed by atoms with Gasteiger partial charge in [-0.2, -0.15) is 4.98 Å². The van der Waals surface area contributed by atoms with Crippen molar-refractivity contribution in [2.45, 2.75) is 104 Å². The van der Waals surface area contributed by atoms with E-state index < -0.39 is 19.1 Å². The number of pyridine rings is 1. The molecule has 10 heteroatoms. The van der Waals surface area contributed by atoms with E-state index in [1.165, 1.54) is 0 Å². The number of ether oxygens (including phenoxy) is 3. The number of nitrogens with zero attached hydrogens (tertiary/aromatic N) is 3. The minimum absolute atomic E-state index is 0.00661. The Morgan fingerprint density at radius 2 is 1.78 bits per heavy atom. The van der Waals surface area contributed by atoms with Crippen LogP contribution < -0.4 is 4.74 Å². The fraction of sp³-hybridized carbons (Fsp3) is 0.731. The van der Waals surface area contributed by atoms with Gasteiger partial charge in [-0.3, -0.25) is 9.36 Å². The highest BCUT2D eigenvalue weighted by Crippen LogP contribution is 2.41. The number of imidazole rings is 1. The van der Waals surface area contributed by atoms with Gasteiger partial charge in [0.05, 0.1) is 10.4 Å². The highest BCUT2D eigenvalue weighted by molar-refractivity contribution is 9.10. The van der Waals surface area contributed by atoms with Crippen molar-refractivity contribution in [2.75, 3.05) is 6.61 Å². The number of fused-ring (bicyclic) bond motifs is 1. The third-order valence-corrected chi connectivity index (χ3v) is 9.53. The van der Waals surface area contributed by atoms with Crippen molar-refractivity contribution in [3.63, 3.8) is 0 Å². The number of esters is 1. The SMILES string of the molecule is CC(C)(C)OC(=O)C(C)(C)C1CCC(Oc2nc3cc(Cl)c(Br)nc3n2COCC[Si](C)(C)C)CC1. The average Bonchev–Trinajstić information content (AvgIpc) is 3.05. The van der Waals surface area contributed by atoms with Gasteiger partial charge in [0.15, 0.2) is 5.65 Å². The molecule has 2 aromatic heterocycles. The van der Waals surface area contributed by atoms with Gasteiger partial charge in [0.2, 0.25) is 0 Å². The van der Waals surface area contributed by atoms with E-state index in [2.05, 4.69) is 40.6 Å². The molecule has 2 heterocycles. The first kappa shape index (κ1) is 29.4. The molecule has 0 saturated heterocycles. The summed E-state index contributed by atoms with van der Waals surface area (Å²) in [6, 6.07) is 3.37. The van der Waals surface area contributed by atoms with Gasteiger partial charge in [-0.1, -0.05) is 31.2 Å². The standard InChI is InChI=1S/C26H41BrClN3O4Si/c1-25(2,3)35-23(32)26(4,5)17-9-11-18(12-10-17)34-24-29-20-15-19(28)21(27)30-22(20)31(24)16-33-13-14-36(6,7)8/h15,17-18H,9-14,16H2,1-8H3. The number of rotatable bonds is 9. The molecule has 202 valence electrons. The average molecular weight is 603 g/mol. The number of aromatic nitrogens is 3. The van der Waals surface area contributed by atoms with Crippen molar-refractivity contribution in [1.29, 1.82) is 0 Å². The van der Waals surface area contributed by atoms with Crippen LogP contribution in [-0.2, 0) is 21.0 Å². The number of hydrogen-bond donors (Lipinski definition) is 0. The third kappa shape index (κ3) is 7.68. The zero-order chi connectivity index (χ0) is 26.9. The van der Waals surface area contributed by atoms with Gasteiger partial charge in [0.25, 0.3) is 0 Å². The third-order valence-electron chi connectivity index (χ3n) is 6.71. The Kier molecular flexibility index (Phi) is 9.22. The second-order valence-electron chi connectivity index (χ2n) is 12.6. The molecule has 0 unspecified atom stereocenters. The molecule has 2 aromatic rings.